The van der Waals surface area contributed by atoms with E-state index < -0.39 is 17.6 Å². The van der Waals surface area contributed by atoms with Crippen molar-refractivity contribution in [3.8, 4) is 0 Å². The fourth-order valence-corrected chi connectivity index (χ4v) is 11.1. The van der Waals surface area contributed by atoms with Gasteiger partial charge in [0, 0.05) is 43.1 Å². The second kappa shape index (κ2) is 24.3. The highest BCUT2D eigenvalue weighted by atomic mass is 16.6. The number of ether oxygens (including phenoxy) is 2. The number of rotatable bonds is 21. The molecule has 0 heterocycles. The van der Waals surface area contributed by atoms with Gasteiger partial charge in [-0.2, -0.15) is 0 Å². The van der Waals surface area contributed by atoms with Crippen LogP contribution in [0.5, 0.6) is 0 Å². The number of hydrogen-bond donors (Lipinski definition) is 2. The van der Waals surface area contributed by atoms with Crippen LogP contribution in [0, 0.1) is 53.3 Å². The highest BCUT2D eigenvalue weighted by Gasteiger charge is 2.41. The van der Waals surface area contributed by atoms with Crippen LogP contribution in [-0.2, 0) is 44.8 Å². The average Bonchev–Trinajstić information content (AvgIpc) is 3.22. The third-order valence-corrected chi connectivity index (χ3v) is 14.3. The fraction of sp³-hybridized carbons (Fsp3) is 0.765. The Kier molecular flexibility index (Phi) is 20.0. The van der Waals surface area contributed by atoms with Gasteiger partial charge < -0.3 is 20.1 Å². The van der Waals surface area contributed by atoms with Gasteiger partial charge in [-0.3, -0.25) is 28.8 Å². The minimum absolute atomic E-state index is 0.0191. The lowest BCUT2D eigenvalue weighted by molar-refractivity contribution is -0.157. The van der Waals surface area contributed by atoms with Gasteiger partial charge in [0.25, 0.3) is 0 Å². The molecule has 11 atom stereocenters. The topological polar surface area (TPSA) is 145 Å². The first kappa shape index (κ1) is 50.1. The summed E-state index contributed by atoms with van der Waals surface area (Å²) in [6.45, 7) is 15.5. The van der Waals surface area contributed by atoms with Crippen molar-refractivity contribution < 1.29 is 38.2 Å². The molecule has 0 bridgehead atoms. The van der Waals surface area contributed by atoms with Crippen molar-refractivity contribution in [1.29, 1.82) is 0 Å². The van der Waals surface area contributed by atoms with Gasteiger partial charge in [-0.15, -0.1) is 0 Å². The average molecular weight is 849 g/mol. The van der Waals surface area contributed by atoms with Crippen LogP contribution in [-0.4, -0.2) is 53.0 Å². The van der Waals surface area contributed by atoms with Gasteiger partial charge in [0.2, 0.25) is 11.8 Å². The molecule has 1 aromatic carbocycles. The maximum atomic E-state index is 14.0. The Morgan fingerprint density at radius 1 is 0.656 bits per heavy atom. The van der Waals surface area contributed by atoms with Crippen LogP contribution < -0.4 is 10.6 Å². The van der Waals surface area contributed by atoms with E-state index in [2.05, 4.69) is 10.6 Å². The van der Waals surface area contributed by atoms with E-state index in [4.69, 9.17) is 9.47 Å². The van der Waals surface area contributed by atoms with E-state index in [1.165, 1.54) is 0 Å². The van der Waals surface area contributed by atoms with Crippen LogP contribution >= 0.6 is 0 Å². The molecule has 0 radical (unpaired) electrons. The lowest BCUT2D eigenvalue weighted by Crippen LogP contribution is -2.51. The highest BCUT2D eigenvalue weighted by molar-refractivity contribution is 5.90. The first-order valence-corrected chi connectivity index (χ1v) is 24.1. The van der Waals surface area contributed by atoms with Crippen molar-refractivity contribution in [2.75, 3.05) is 0 Å². The zero-order valence-electron chi connectivity index (χ0n) is 38.9. The van der Waals surface area contributed by atoms with Gasteiger partial charge >= 0.3 is 11.9 Å². The molecule has 0 unspecified atom stereocenters. The lowest BCUT2D eigenvalue weighted by Gasteiger charge is -2.38. The van der Waals surface area contributed by atoms with E-state index in [1.54, 1.807) is 6.92 Å². The minimum atomic E-state index is -0.670. The van der Waals surface area contributed by atoms with Crippen LogP contribution in [0.25, 0.3) is 0 Å². The number of nitrogens with one attached hydrogen (secondary N) is 2. The van der Waals surface area contributed by atoms with Gasteiger partial charge in [-0.25, -0.2) is 0 Å². The van der Waals surface area contributed by atoms with E-state index in [-0.39, 0.29) is 102 Å². The molecule has 342 valence electrons. The van der Waals surface area contributed by atoms with Crippen LogP contribution in [0.3, 0.4) is 0 Å². The first-order valence-electron chi connectivity index (χ1n) is 24.1. The Morgan fingerprint density at radius 2 is 1.20 bits per heavy atom. The normalized spacial score (nSPS) is 25.8. The molecule has 0 spiro atoms. The molecule has 3 fully saturated rings. The Bertz CT molecular complexity index is 1590. The Morgan fingerprint density at radius 3 is 1.79 bits per heavy atom. The molecule has 61 heavy (non-hydrogen) atoms. The monoisotopic (exact) mass is 849 g/mol. The second-order valence-corrected chi connectivity index (χ2v) is 19.9. The van der Waals surface area contributed by atoms with Crippen molar-refractivity contribution in [1.82, 2.24) is 10.6 Å². The van der Waals surface area contributed by atoms with Crippen molar-refractivity contribution >= 4 is 35.3 Å². The van der Waals surface area contributed by atoms with E-state index in [1.807, 2.05) is 78.8 Å². The molecule has 2 N–H and O–H groups in total. The summed E-state index contributed by atoms with van der Waals surface area (Å²) in [5.41, 5.74) is 0.393. The largest absolute Gasteiger partial charge is 0.461 e. The summed E-state index contributed by atoms with van der Waals surface area (Å²) >= 11 is 0. The fourth-order valence-electron chi connectivity index (χ4n) is 11.1. The van der Waals surface area contributed by atoms with Gasteiger partial charge in [-0.1, -0.05) is 96.6 Å². The Balaban J connectivity index is 1.32. The van der Waals surface area contributed by atoms with E-state index >= 15 is 0 Å². The van der Waals surface area contributed by atoms with Crippen molar-refractivity contribution in [3.05, 3.63) is 35.9 Å². The zero-order valence-corrected chi connectivity index (χ0v) is 38.9. The number of benzene rings is 1. The third kappa shape index (κ3) is 15.0. The molecule has 1 aromatic rings. The molecule has 4 rings (SSSR count). The Labute approximate surface area is 367 Å². The summed E-state index contributed by atoms with van der Waals surface area (Å²) in [5, 5.41) is 6.35. The second-order valence-electron chi connectivity index (χ2n) is 19.9. The Hall–Kier alpha value is -3.56. The highest BCUT2D eigenvalue weighted by Crippen LogP contribution is 2.42. The van der Waals surface area contributed by atoms with Crippen molar-refractivity contribution in [2.24, 2.45) is 53.3 Å². The molecule has 0 aliphatic heterocycles. The molecule has 3 aliphatic rings. The number of Topliss-reactive ketones (excluding diaryl/α,β-unsaturated/α-hetero) is 2. The number of esters is 2. The maximum Gasteiger partial charge on any atom is 0.309 e. The predicted octanol–water partition coefficient (Wildman–Crippen LogP) is 9.89. The summed E-state index contributed by atoms with van der Waals surface area (Å²) < 4.78 is 11.4. The molecular weight excluding hydrogens is 769 g/mol. The molecule has 10 heteroatoms. The number of amides is 2. The van der Waals surface area contributed by atoms with Gasteiger partial charge in [0.05, 0.1) is 12.0 Å². The van der Waals surface area contributed by atoms with Crippen LogP contribution in [0.15, 0.2) is 30.3 Å². The SMILES string of the molecule is CC[C@@H](C(=O)C[C@H](C)C(=O)N[C@H]1CCCC[C@@H]1[C@@H](CC)C(=O)N[C@H](C)C(=O)C[C@@H]1CCCC[C@@H]1[C@@H](CC)C(=O)OCc1ccccc1)[C@H]1CCCC[C@@H]1CC(=O)OC(C)(C)C. The van der Waals surface area contributed by atoms with Crippen LogP contribution in [0.1, 0.15) is 177 Å². The van der Waals surface area contributed by atoms with Crippen molar-refractivity contribution in [3.63, 3.8) is 0 Å². The van der Waals surface area contributed by atoms with Gasteiger partial charge in [0.1, 0.15) is 18.0 Å². The standard InChI is InChI=1S/C51H80N2O8/c1-9-38(41-25-17-16-24-37(41)31-47(56)61-51(6,7)8)46(55)29-33(4)48(57)53-44-28-20-19-27-43(44)39(10-2)49(58)52-34(5)45(54)30-36-23-15-18-26-42(36)40(11-3)50(59)60-32-35-21-13-12-14-22-35/h12-14,21-22,33-34,36-44H,9-11,15-20,23-32H2,1-8H3,(H,52,58)(H,53,57)/t33-,34+,36-,37+,38+,39+,40+,41-,42-,43+,44-/m0/s1. The van der Waals surface area contributed by atoms with Crippen LogP contribution in [0.4, 0.5) is 0 Å². The summed E-state index contributed by atoms with van der Waals surface area (Å²) in [7, 11) is 0. The number of ketones is 2. The molecular formula is C51H80N2O8. The third-order valence-electron chi connectivity index (χ3n) is 14.3. The predicted molar refractivity (Wildman–Crippen MR) is 239 cm³/mol. The first-order chi connectivity index (χ1) is 29.1. The molecule has 2 amide bonds. The number of carbonyl (C=O) groups excluding carboxylic acids is 6. The van der Waals surface area contributed by atoms with Crippen molar-refractivity contribution in [2.45, 2.75) is 195 Å². The summed E-state index contributed by atoms with van der Waals surface area (Å²) in [4.78, 5) is 81.6. The molecule has 3 saturated carbocycles. The maximum absolute atomic E-state index is 14.0. The van der Waals surface area contributed by atoms with E-state index in [0.29, 0.717) is 32.1 Å². The summed E-state index contributed by atoms with van der Waals surface area (Å²) in [6, 6.07) is 8.81. The van der Waals surface area contributed by atoms with E-state index in [9.17, 15) is 28.8 Å². The molecule has 3 aliphatic carbocycles. The van der Waals surface area contributed by atoms with Gasteiger partial charge in [0.15, 0.2) is 5.78 Å². The molecule has 0 aromatic heterocycles. The number of hydrogen-bond acceptors (Lipinski definition) is 8. The zero-order chi connectivity index (χ0) is 44.7. The summed E-state index contributed by atoms with van der Waals surface area (Å²) in [5.74, 6) is -1.82. The quantitative estimate of drug-likeness (QED) is 0.116. The van der Waals surface area contributed by atoms with Gasteiger partial charge in [-0.05, 0) is 121 Å². The molecule has 0 saturated heterocycles. The van der Waals surface area contributed by atoms with E-state index in [0.717, 1.165) is 82.6 Å². The smallest absolute Gasteiger partial charge is 0.309 e. The molecule has 10 nitrogen and oxygen atoms in total. The van der Waals surface area contributed by atoms with Crippen LogP contribution in [0.2, 0.25) is 0 Å². The number of carbonyl (C=O) groups is 6. The lowest BCUT2D eigenvalue weighted by atomic mass is 9.68. The summed E-state index contributed by atoms with van der Waals surface area (Å²) in [6.07, 6.45) is 13.8. The minimum Gasteiger partial charge on any atom is -0.461 e.